The van der Waals surface area contributed by atoms with Crippen molar-refractivity contribution in [2.45, 2.75) is 25.9 Å². The fourth-order valence-electron chi connectivity index (χ4n) is 2.25. The number of aromatic nitrogens is 1. The van der Waals surface area contributed by atoms with E-state index in [0.717, 1.165) is 22.6 Å². The lowest BCUT2D eigenvalue weighted by atomic mass is 9.93. The molecule has 1 N–H and O–H groups in total. The lowest BCUT2D eigenvalue weighted by Crippen LogP contribution is -2.36. The van der Waals surface area contributed by atoms with Gasteiger partial charge >= 0.3 is 0 Å². The van der Waals surface area contributed by atoms with Gasteiger partial charge in [-0.2, -0.15) is 0 Å². The van der Waals surface area contributed by atoms with Crippen molar-refractivity contribution < 1.29 is 9.47 Å². The van der Waals surface area contributed by atoms with E-state index >= 15 is 0 Å². The van der Waals surface area contributed by atoms with Crippen LogP contribution in [0.2, 0.25) is 5.02 Å². The molecular formula is C16H17ClN2O2. The maximum Gasteiger partial charge on any atom is 0.231 e. The number of ether oxygens (including phenoxy) is 2. The normalized spacial score (nSPS) is 13.5. The highest BCUT2D eigenvalue weighted by Crippen LogP contribution is 2.35. The van der Waals surface area contributed by atoms with Gasteiger partial charge in [-0.3, -0.25) is 4.98 Å². The van der Waals surface area contributed by atoms with Crippen LogP contribution in [-0.4, -0.2) is 11.8 Å². The zero-order chi connectivity index (χ0) is 14.9. The molecule has 2 aromatic rings. The fraction of sp³-hybridized carbons (Fsp3) is 0.312. The van der Waals surface area contributed by atoms with E-state index < -0.39 is 0 Å². The largest absolute Gasteiger partial charge is 0.454 e. The third-order valence-corrected chi connectivity index (χ3v) is 4.01. The predicted molar refractivity (Wildman–Crippen MR) is 81.7 cm³/mol. The number of nitrogens with one attached hydrogen (secondary N) is 1. The molecule has 3 rings (SSSR count). The van der Waals surface area contributed by atoms with E-state index in [0.29, 0.717) is 18.4 Å². The molecule has 0 atom stereocenters. The van der Waals surface area contributed by atoms with Gasteiger partial charge in [0.2, 0.25) is 6.79 Å². The molecular weight excluding hydrogens is 288 g/mol. The number of hydrogen-bond acceptors (Lipinski definition) is 4. The molecule has 0 unspecified atom stereocenters. The van der Waals surface area contributed by atoms with Gasteiger partial charge in [0, 0.05) is 24.5 Å². The monoisotopic (exact) mass is 304 g/mol. The van der Waals surface area contributed by atoms with Gasteiger partial charge in [-0.05, 0) is 43.2 Å². The van der Waals surface area contributed by atoms with Crippen LogP contribution in [0.15, 0.2) is 36.7 Å². The van der Waals surface area contributed by atoms with E-state index in [1.807, 2.05) is 18.2 Å². The summed E-state index contributed by atoms with van der Waals surface area (Å²) in [5.74, 6) is 1.59. The minimum absolute atomic E-state index is 0.215. The van der Waals surface area contributed by atoms with Crippen molar-refractivity contribution in [1.82, 2.24) is 10.3 Å². The highest BCUT2D eigenvalue weighted by molar-refractivity contribution is 6.31. The Bertz CT molecular complexity index is 658. The van der Waals surface area contributed by atoms with Gasteiger partial charge in [-0.25, -0.2) is 0 Å². The number of halogens is 1. The van der Waals surface area contributed by atoms with Crippen LogP contribution >= 0.6 is 11.6 Å². The summed E-state index contributed by atoms with van der Waals surface area (Å²) in [5, 5.41) is 4.19. The smallest absolute Gasteiger partial charge is 0.231 e. The van der Waals surface area contributed by atoms with Crippen LogP contribution in [0, 0.1) is 0 Å². The molecule has 4 nitrogen and oxygen atoms in total. The summed E-state index contributed by atoms with van der Waals surface area (Å²) in [6.45, 7) is 5.21. The summed E-state index contributed by atoms with van der Waals surface area (Å²) in [7, 11) is 0. The molecule has 0 radical (unpaired) electrons. The van der Waals surface area contributed by atoms with E-state index in [1.54, 1.807) is 12.4 Å². The minimum atomic E-state index is -0.215. The Kier molecular flexibility index (Phi) is 3.74. The van der Waals surface area contributed by atoms with Gasteiger partial charge in [-0.1, -0.05) is 17.7 Å². The summed E-state index contributed by atoms with van der Waals surface area (Å²) in [5.41, 5.74) is 1.95. The van der Waals surface area contributed by atoms with Crippen molar-refractivity contribution in [1.29, 1.82) is 0 Å². The van der Waals surface area contributed by atoms with Gasteiger partial charge in [-0.15, -0.1) is 0 Å². The molecule has 0 saturated carbocycles. The first-order valence-electron chi connectivity index (χ1n) is 6.80. The van der Waals surface area contributed by atoms with Crippen molar-refractivity contribution in [3.8, 4) is 11.5 Å². The van der Waals surface area contributed by atoms with Crippen LogP contribution < -0.4 is 14.8 Å². The van der Waals surface area contributed by atoms with Crippen LogP contribution in [0.25, 0.3) is 0 Å². The molecule has 110 valence electrons. The van der Waals surface area contributed by atoms with Crippen LogP contribution in [0.5, 0.6) is 11.5 Å². The fourth-order valence-corrected chi connectivity index (χ4v) is 2.44. The first-order chi connectivity index (χ1) is 10.1. The van der Waals surface area contributed by atoms with E-state index in [1.165, 1.54) is 0 Å². The van der Waals surface area contributed by atoms with Gasteiger partial charge in [0.25, 0.3) is 0 Å². The lowest BCUT2D eigenvalue weighted by molar-refractivity contribution is 0.174. The molecule has 0 saturated heterocycles. The Morgan fingerprint density at radius 3 is 2.86 bits per heavy atom. The maximum atomic E-state index is 6.14. The highest BCUT2D eigenvalue weighted by atomic mass is 35.5. The first-order valence-corrected chi connectivity index (χ1v) is 7.17. The van der Waals surface area contributed by atoms with Crippen molar-refractivity contribution in [3.05, 3.63) is 52.8 Å². The molecule has 0 fully saturated rings. The zero-order valence-corrected chi connectivity index (χ0v) is 12.8. The van der Waals surface area contributed by atoms with Crippen molar-refractivity contribution in [2.75, 3.05) is 6.79 Å². The average Bonchev–Trinajstić information content (AvgIpc) is 2.94. The molecule has 1 aliphatic rings. The summed E-state index contributed by atoms with van der Waals surface area (Å²) >= 11 is 6.14. The third-order valence-electron chi connectivity index (χ3n) is 3.67. The molecule has 5 heteroatoms. The zero-order valence-electron chi connectivity index (χ0n) is 12.0. The second-order valence-corrected chi connectivity index (χ2v) is 5.92. The standard InChI is InChI=1S/C16H17ClN2O2/c1-16(2,19-8-11-5-6-18-9-13(11)17)12-3-4-14-15(7-12)21-10-20-14/h3-7,9,19H,8,10H2,1-2H3. The van der Waals surface area contributed by atoms with Crippen LogP contribution in [0.3, 0.4) is 0 Å². The number of benzene rings is 1. The number of rotatable bonds is 4. The maximum absolute atomic E-state index is 6.14. The molecule has 21 heavy (non-hydrogen) atoms. The van der Waals surface area contributed by atoms with Crippen molar-refractivity contribution in [2.24, 2.45) is 0 Å². The quantitative estimate of drug-likeness (QED) is 0.939. The highest BCUT2D eigenvalue weighted by Gasteiger charge is 2.23. The lowest BCUT2D eigenvalue weighted by Gasteiger charge is -2.27. The second kappa shape index (κ2) is 5.54. The number of nitrogens with zero attached hydrogens (tertiary/aromatic N) is 1. The summed E-state index contributed by atoms with van der Waals surface area (Å²) in [4.78, 5) is 4.00. The van der Waals surface area contributed by atoms with Crippen LogP contribution in [-0.2, 0) is 12.1 Å². The van der Waals surface area contributed by atoms with E-state index in [4.69, 9.17) is 21.1 Å². The topological polar surface area (TPSA) is 43.4 Å². The Hall–Kier alpha value is -1.78. The van der Waals surface area contributed by atoms with Gasteiger partial charge in [0.1, 0.15) is 0 Å². The summed E-state index contributed by atoms with van der Waals surface area (Å²) in [6, 6.07) is 7.93. The molecule has 0 aliphatic carbocycles. The third kappa shape index (κ3) is 2.96. The second-order valence-electron chi connectivity index (χ2n) is 5.51. The molecule has 0 spiro atoms. The minimum Gasteiger partial charge on any atom is -0.454 e. The Labute approximate surface area is 129 Å². The van der Waals surface area contributed by atoms with Crippen molar-refractivity contribution in [3.63, 3.8) is 0 Å². The van der Waals surface area contributed by atoms with E-state index in [9.17, 15) is 0 Å². The van der Waals surface area contributed by atoms with Gasteiger partial charge < -0.3 is 14.8 Å². The van der Waals surface area contributed by atoms with E-state index in [-0.39, 0.29) is 5.54 Å². The van der Waals surface area contributed by atoms with Gasteiger partial charge in [0.05, 0.1) is 5.02 Å². The molecule has 2 heterocycles. The molecule has 1 aromatic carbocycles. The number of hydrogen-bond donors (Lipinski definition) is 1. The number of fused-ring (bicyclic) bond motifs is 1. The SMILES string of the molecule is CC(C)(NCc1ccncc1Cl)c1ccc2c(c1)OCO2. The predicted octanol–water partition coefficient (Wildman–Crippen LogP) is 3.49. The molecule has 0 bridgehead atoms. The van der Waals surface area contributed by atoms with E-state index in [2.05, 4.69) is 30.2 Å². The Morgan fingerprint density at radius 2 is 2.05 bits per heavy atom. The Balaban J connectivity index is 1.76. The molecule has 1 aliphatic heterocycles. The van der Waals surface area contributed by atoms with Crippen LogP contribution in [0.1, 0.15) is 25.0 Å². The summed E-state index contributed by atoms with van der Waals surface area (Å²) < 4.78 is 10.8. The average molecular weight is 305 g/mol. The Morgan fingerprint density at radius 1 is 1.24 bits per heavy atom. The van der Waals surface area contributed by atoms with Crippen LogP contribution in [0.4, 0.5) is 0 Å². The summed E-state index contributed by atoms with van der Waals surface area (Å²) in [6.07, 6.45) is 3.41. The van der Waals surface area contributed by atoms with Gasteiger partial charge in [0.15, 0.2) is 11.5 Å². The number of pyridine rings is 1. The first kappa shape index (κ1) is 14.2. The molecule has 0 amide bonds. The van der Waals surface area contributed by atoms with Crippen molar-refractivity contribution >= 4 is 11.6 Å². The molecule has 1 aromatic heterocycles.